The molecule has 0 bridgehead atoms. The van der Waals surface area contributed by atoms with Gasteiger partial charge in [-0.25, -0.2) is 4.98 Å². The first-order chi connectivity index (χ1) is 8.91. The van der Waals surface area contributed by atoms with Crippen LogP contribution in [0.15, 0.2) is 24.5 Å². The van der Waals surface area contributed by atoms with Gasteiger partial charge in [0.2, 0.25) is 0 Å². The fraction of sp³-hybridized carbons (Fsp3) is 0.533. The molecule has 0 saturated carbocycles. The fourth-order valence-electron chi connectivity index (χ4n) is 2.40. The molecule has 0 saturated heterocycles. The van der Waals surface area contributed by atoms with Crippen molar-refractivity contribution in [2.75, 3.05) is 20.6 Å². The van der Waals surface area contributed by atoms with Crippen LogP contribution in [0.3, 0.4) is 0 Å². The van der Waals surface area contributed by atoms with Crippen LogP contribution in [-0.4, -0.2) is 40.6 Å². The Morgan fingerprint density at radius 1 is 1.37 bits per heavy atom. The zero-order valence-electron chi connectivity index (χ0n) is 12.6. The molecule has 0 atom stereocenters. The maximum absolute atomic E-state index is 4.41. The van der Waals surface area contributed by atoms with Crippen LogP contribution in [0.1, 0.15) is 19.4 Å². The van der Waals surface area contributed by atoms with Crippen molar-refractivity contribution in [3.63, 3.8) is 0 Å². The number of nitrogens with zero attached hydrogens (tertiary/aromatic N) is 3. The minimum absolute atomic E-state index is 0.129. The molecular weight excluding hydrogens is 236 g/mol. The zero-order chi connectivity index (χ0) is 14.0. The second-order valence-electron chi connectivity index (χ2n) is 5.98. The van der Waals surface area contributed by atoms with Crippen LogP contribution in [-0.2, 0) is 13.6 Å². The molecule has 1 aromatic carbocycles. The lowest BCUT2D eigenvalue weighted by molar-refractivity contribution is 0.238. The number of aromatic nitrogens is 2. The normalized spacial score (nSPS) is 12.5. The molecule has 1 N–H and O–H groups in total. The summed E-state index contributed by atoms with van der Waals surface area (Å²) in [7, 11) is 6.19. The summed E-state index contributed by atoms with van der Waals surface area (Å²) in [5, 5.41) is 3.33. The third kappa shape index (κ3) is 3.33. The number of benzene rings is 1. The predicted octanol–water partition coefficient (Wildman–Crippen LogP) is 2.00. The first-order valence-corrected chi connectivity index (χ1v) is 6.69. The van der Waals surface area contributed by atoms with Crippen LogP contribution < -0.4 is 5.32 Å². The number of hydrogen-bond donors (Lipinski definition) is 1. The van der Waals surface area contributed by atoms with Crippen molar-refractivity contribution in [1.82, 2.24) is 19.8 Å². The van der Waals surface area contributed by atoms with E-state index in [2.05, 4.69) is 54.3 Å². The first kappa shape index (κ1) is 14.0. The molecule has 0 fully saturated rings. The molecule has 0 amide bonds. The first-order valence-electron chi connectivity index (χ1n) is 6.69. The van der Waals surface area contributed by atoms with E-state index in [4.69, 9.17) is 0 Å². The lowest BCUT2D eigenvalue weighted by atomic mass is 10.1. The Morgan fingerprint density at radius 2 is 2.11 bits per heavy atom. The Morgan fingerprint density at radius 3 is 2.79 bits per heavy atom. The summed E-state index contributed by atoms with van der Waals surface area (Å²) in [5.41, 5.74) is 3.69. The molecule has 1 aromatic heterocycles. The van der Waals surface area contributed by atoms with Gasteiger partial charge < -0.3 is 14.8 Å². The average molecular weight is 260 g/mol. The standard InChI is InChI=1S/C15H24N4/c1-15(2,16-3)10-18(4)9-12-6-7-14-13(8-12)17-11-19(14)5/h6-8,11,16H,9-10H2,1-5H3. The van der Waals surface area contributed by atoms with Gasteiger partial charge in [0.1, 0.15) is 0 Å². The summed E-state index contributed by atoms with van der Waals surface area (Å²) in [6.07, 6.45) is 1.86. The molecule has 1 heterocycles. The van der Waals surface area contributed by atoms with Crippen molar-refractivity contribution in [3.8, 4) is 0 Å². The highest BCUT2D eigenvalue weighted by atomic mass is 15.1. The van der Waals surface area contributed by atoms with Gasteiger partial charge in [0.05, 0.1) is 17.4 Å². The minimum Gasteiger partial charge on any atom is -0.334 e. The van der Waals surface area contributed by atoms with Crippen LogP contribution in [0.4, 0.5) is 0 Å². The summed E-state index contributed by atoms with van der Waals surface area (Å²) >= 11 is 0. The third-order valence-electron chi connectivity index (χ3n) is 3.58. The Hall–Kier alpha value is -1.39. The van der Waals surface area contributed by atoms with Gasteiger partial charge >= 0.3 is 0 Å². The molecule has 0 spiro atoms. The number of aryl methyl sites for hydroxylation is 1. The lowest BCUT2D eigenvalue weighted by Crippen LogP contribution is -2.46. The van der Waals surface area contributed by atoms with E-state index in [1.165, 1.54) is 11.1 Å². The summed E-state index contributed by atoms with van der Waals surface area (Å²) in [4.78, 5) is 6.74. The average Bonchev–Trinajstić information content (AvgIpc) is 2.70. The molecular formula is C15H24N4. The largest absolute Gasteiger partial charge is 0.334 e. The molecule has 2 rings (SSSR count). The van der Waals surface area contributed by atoms with Crippen LogP contribution in [0.2, 0.25) is 0 Å². The smallest absolute Gasteiger partial charge is 0.0955 e. The number of hydrogen-bond acceptors (Lipinski definition) is 3. The van der Waals surface area contributed by atoms with Crippen molar-refractivity contribution in [2.24, 2.45) is 7.05 Å². The molecule has 0 radical (unpaired) electrons. The van der Waals surface area contributed by atoms with E-state index < -0.39 is 0 Å². The predicted molar refractivity (Wildman–Crippen MR) is 80.2 cm³/mol. The highest BCUT2D eigenvalue weighted by Crippen LogP contribution is 2.15. The molecule has 4 heteroatoms. The van der Waals surface area contributed by atoms with E-state index in [0.717, 1.165) is 18.6 Å². The van der Waals surface area contributed by atoms with Crippen molar-refractivity contribution in [3.05, 3.63) is 30.1 Å². The molecule has 4 nitrogen and oxygen atoms in total. The molecule has 0 aliphatic rings. The topological polar surface area (TPSA) is 33.1 Å². The van der Waals surface area contributed by atoms with E-state index in [1.54, 1.807) is 0 Å². The van der Waals surface area contributed by atoms with E-state index in [1.807, 2.05) is 25.0 Å². The molecule has 2 aromatic rings. The SMILES string of the molecule is CNC(C)(C)CN(C)Cc1ccc2c(c1)ncn2C. The van der Waals surface area contributed by atoms with Gasteiger partial charge in [-0.3, -0.25) is 0 Å². The monoisotopic (exact) mass is 260 g/mol. The highest BCUT2D eigenvalue weighted by molar-refractivity contribution is 5.75. The minimum atomic E-state index is 0.129. The van der Waals surface area contributed by atoms with Gasteiger partial charge in [0, 0.05) is 25.7 Å². The van der Waals surface area contributed by atoms with Crippen molar-refractivity contribution in [2.45, 2.75) is 25.9 Å². The summed E-state index contributed by atoms with van der Waals surface area (Å²) in [6, 6.07) is 6.51. The summed E-state index contributed by atoms with van der Waals surface area (Å²) in [5.74, 6) is 0. The van der Waals surface area contributed by atoms with E-state index in [0.29, 0.717) is 0 Å². The van der Waals surface area contributed by atoms with Crippen molar-refractivity contribution < 1.29 is 0 Å². The lowest BCUT2D eigenvalue weighted by Gasteiger charge is -2.30. The maximum atomic E-state index is 4.41. The number of fused-ring (bicyclic) bond motifs is 1. The Balaban J connectivity index is 2.08. The zero-order valence-corrected chi connectivity index (χ0v) is 12.6. The van der Waals surface area contributed by atoms with Gasteiger partial charge in [0.15, 0.2) is 0 Å². The number of rotatable bonds is 5. The highest BCUT2D eigenvalue weighted by Gasteiger charge is 2.17. The Kier molecular flexibility index (Phi) is 3.92. The van der Waals surface area contributed by atoms with E-state index in [-0.39, 0.29) is 5.54 Å². The van der Waals surface area contributed by atoms with Gasteiger partial charge in [-0.05, 0) is 45.6 Å². The molecule has 0 aliphatic carbocycles. The number of nitrogens with one attached hydrogen (secondary N) is 1. The van der Waals surface area contributed by atoms with Crippen LogP contribution in [0.25, 0.3) is 11.0 Å². The molecule has 19 heavy (non-hydrogen) atoms. The molecule has 104 valence electrons. The van der Waals surface area contributed by atoms with Crippen LogP contribution in [0, 0.1) is 0 Å². The number of likely N-dealkylation sites (N-methyl/N-ethyl adjacent to an activating group) is 2. The van der Waals surface area contributed by atoms with E-state index in [9.17, 15) is 0 Å². The number of imidazole rings is 1. The van der Waals surface area contributed by atoms with Gasteiger partial charge in [-0.15, -0.1) is 0 Å². The van der Waals surface area contributed by atoms with Crippen LogP contribution in [0.5, 0.6) is 0 Å². The van der Waals surface area contributed by atoms with Crippen molar-refractivity contribution in [1.29, 1.82) is 0 Å². The van der Waals surface area contributed by atoms with Gasteiger partial charge in [-0.2, -0.15) is 0 Å². The Bertz CT molecular complexity index is 556. The Labute approximate surface area is 115 Å². The van der Waals surface area contributed by atoms with Crippen molar-refractivity contribution >= 4 is 11.0 Å². The van der Waals surface area contributed by atoms with Crippen LogP contribution >= 0.6 is 0 Å². The molecule has 0 aliphatic heterocycles. The van der Waals surface area contributed by atoms with Gasteiger partial charge in [-0.1, -0.05) is 6.07 Å². The maximum Gasteiger partial charge on any atom is 0.0955 e. The van der Waals surface area contributed by atoms with Gasteiger partial charge in [0.25, 0.3) is 0 Å². The second-order valence-corrected chi connectivity index (χ2v) is 5.98. The second kappa shape index (κ2) is 5.31. The van der Waals surface area contributed by atoms with E-state index >= 15 is 0 Å². The fourth-order valence-corrected chi connectivity index (χ4v) is 2.40. The summed E-state index contributed by atoms with van der Waals surface area (Å²) < 4.78 is 2.05. The quantitative estimate of drug-likeness (QED) is 0.892. The third-order valence-corrected chi connectivity index (χ3v) is 3.58. The summed E-state index contributed by atoms with van der Waals surface area (Å²) in [6.45, 7) is 6.37. The molecule has 0 unspecified atom stereocenters.